The fourth-order valence-electron chi connectivity index (χ4n) is 2.89. The molecular formula is C23H19F3N2O3. The van der Waals surface area contributed by atoms with E-state index in [-0.39, 0.29) is 23.6 Å². The third kappa shape index (κ3) is 6.08. The second-order valence-electron chi connectivity index (χ2n) is 6.69. The van der Waals surface area contributed by atoms with Crippen LogP contribution in [0.25, 0.3) is 0 Å². The van der Waals surface area contributed by atoms with Crippen molar-refractivity contribution < 1.29 is 27.5 Å². The Balaban J connectivity index is 1.67. The number of alkyl halides is 3. The van der Waals surface area contributed by atoms with Crippen LogP contribution in [0.3, 0.4) is 0 Å². The highest BCUT2D eigenvalue weighted by Crippen LogP contribution is 2.30. The van der Waals surface area contributed by atoms with E-state index in [1.165, 1.54) is 31.4 Å². The van der Waals surface area contributed by atoms with Gasteiger partial charge in [0.2, 0.25) is 5.91 Å². The molecule has 0 spiro atoms. The fourth-order valence-corrected chi connectivity index (χ4v) is 2.89. The van der Waals surface area contributed by atoms with Crippen molar-refractivity contribution in [3.8, 4) is 5.75 Å². The summed E-state index contributed by atoms with van der Waals surface area (Å²) < 4.78 is 43.7. The highest BCUT2D eigenvalue weighted by Gasteiger charge is 2.30. The topological polar surface area (TPSA) is 67.4 Å². The number of carbonyl (C=O) groups excluding carboxylic acids is 2. The molecule has 0 aliphatic rings. The summed E-state index contributed by atoms with van der Waals surface area (Å²) in [4.78, 5) is 24.8. The normalized spacial score (nSPS) is 11.0. The SMILES string of the molecule is COc1cccc(CC(=O)Nc2cccc(C(=O)Nc3cccc(C(F)(F)F)c3)c2)c1. The molecule has 0 aliphatic heterocycles. The molecule has 31 heavy (non-hydrogen) atoms. The van der Waals surface area contributed by atoms with E-state index in [2.05, 4.69) is 10.6 Å². The van der Waals surface area contributed by atoms with Crippen LogP contribution in [0, 0.1) is 0 Å². The van der Waals surface area contributed by atoms with Crippen LogP contribution < -0.4 is 15.4 Å². The Kier molecular flexibility index (Phi) is 6.59. The monoisotopic (exact) mass is 428 g/mol. The summed E-state index contributed by atoms with van der Waals surface area (Å²) in [7, 11) is 1.54. The van der Waals surface area contributed by atoms with Crippen LogP contribution in [0.15, 0.2) is 72.8 Å². The summed E-state index contributed by atoms with van der Waals surface area (Å²) in [5.41, 5.74) is 0.507. The predicted octanol–water partition coefficient (Wildman–Crippen LogP) is 5.15. The van der Waals surface area contributed by atoms with Gasteiger partial charge in [-0.1, -0.05) is 24.3 Å². The van der Waals surface area contributed by atoms with Crippen LogP contribution in [0.2, 0.25) is 0 Å². The number of hydrogen-bond acceptors (Lipinski definition) is 3. The van der Waals surface area contributed by atoms with Gasteiger partial charge in [-0.2, -0.15) is 13.2 Å². The van der Waals surface area contributed by atoms with E-state index in [4.69, 9.17) is 4.74 Å². The predicted molar refractivity (Wildman–Crippen MR) is 111 cm³/mol. The van der Waals surface area contributed by atoms with Crippen molar-refractivity contribution in [1.82, 2.24) is 0 Å². The molecule has 3 aromatic carbocycles. The minimum absolute atomic E-state index is 0.0206. The molecule has 2 N–H and O–H groups in total. The number of methoxy groups -OCH3 is 1. The van der Waals surface area contributed by atoms with Crippen LogP contribution >= 0.6 is 0 Å². The van der Waals surface area contributed by atoms with Gasteiger partial charge in [-0.05, 0) is 54.1 Å². The van der Waals surface area contributed by atoms with Gasteiger partial charge in [0.1, 0.15) is 5.75 Å². The van der Waals surface area contributed by atoms with E-state index in [0.717, 1.165) is 17.7 Å². The van der Waals surface area contributed by atoms with Crippen LogP contribution in [0.1, 0.15) is 21.5 Å². The Labute approximate surface area is 176 Å². The quantitative estimate of drug-likeness (QED) is 0.571. The van der Waals surface area contributed by atoms with Gasteiger partial charge in [-0.25, -0.2) is 0 Å². The molecule has 0 bridgehead atoms. The Morgan fingerprint density at radius 3 is 2.26 bits per heavy atom. The van der Waals surface area contributed by atoms with Crippen molar-refractivity contribution in [3.63, 3.8) is 0 Å². The Morgan fingerprint density at radius 2 is 1.55 bits per heavy atom. The molecule has 0 fully saturated rings. The summed E-state index contributed by atoms with van der Waals surface area (Å²) in [5, 5.41) is 5.15. The van der Waals surface area contributed by atoms with E-state index in [1.807, 2.05) is 0 Å². The lowest BCUT2D eigenvalue weighted by molar-refractivity contribution is -0.137. The molecule has 2 amide bonds. The molecule has 0 saturated heterocycles. The van der Waals surface area contributed by atoms with Crippen molar-refractivity contribution >= 4 is 23.2 Å². The first-order valence-corrected chi connectivity index (χ1v) is 9.26. The van der Waals surface area contributed by atoms with Crippen LogP contribution in [0.4, 0.5) is 24.5 Å². The number of carbonyl (C=O) groups is 2. The molecule has 0 unspecified atom stereocenters. The molecular weight excluding hydrogens is 409 g/mol. The van der Waals surface area contributed by atoms with Gasteiger partial charge in [0.15, 0.2) is 0 Å². The maximum atomic E-state index is 12.8. The minimum Gasteiger partial charge on any atom is -0.497 e. The number of halogens is 3. The number of ether oxygens (including phenoxy) is 1. The van der Waals surface area contributed by atoms with Gasteiger partial charge >= 0.3 is 6.18 Å². The number of rotatable bonds is 6. The Hall–Kier alpha value is -3.81. The van der Waals surface area contributed by atoms with E-state index in [1.54, 1.807) is 36.4 Å². The van der Waals surface area contributed by atoms with Crippen molar-refractivity contribution in [2.45, 2.75) is 12.6 Å². The number of nitrogens with one attached hydrogen (secondary N) is 2. The molecule has 0 atom stereocenters. The maximum absolute atomic E-state index is 12.8. The molecule has 5 nitrogen and oxygen atoms in total. The zero-order valence-electron chi connectivity index (χ0n) is 16.5. The van der Waals surface area contributed by atoms with Gasteiger partial charge in [-0.3, -0.25) is 9.59 Å². The van der Waals surface area contributed by atoms with Gasteiger partial charge in [0.25, 0.3) is 5.91 Å². The van der Waals surface area contributed by atoms with E-state index in [0.29, 0.717) is 11.4 Å². The van der Waals surface area contributed by atoms with Gasteiger partial charge in [-0.15, -0.1) is 0 Å². The molecule has 0 saturated carbocycles. The molecule has 0 aliphatic carbocycles. The third-order valence-electron chi connectivity index (χ3n) is 4.36. The summed E-state index contributed by atoms with van der Waals surface area (Å²) in [6, 6.07) is 17.6. The molecule has 3 rings (SSSR count). The molecule has 0 aromatic heterocycles. The highest BCUT2D eigenvalue weighted by molar-refractivity contribution is 6.05. The maximum Gasteiger partial charge on any atom is 0.416 e. The summed E-state index contributed by atoms with van der Waals surface area (Å²) in [5.74, 6) is -0.245. The second-order valence-corrected chi connectivity index (χ2v) is 6.69. The lowest BCUT2D eigenvalue weighted by Gasteiger charge is -2.11. The summed E-state index contributed by atoms with van der Waals surface area (Å²) in [6.45, 7) is 0. The number of amides is 2. The van der Waals surface area contributed by atoms with Gasteiger partial charge in [0, 0.05) is 16.9 Å². The molecule has 3 aromatic rings. The van der Waals surface area contributed by atoms with E-state index >= 15 is 0 Å². The van der Waals surface area contributed by atoms with Gasteiger partial charge in [0.05, 0.1) is 19.1 Å². The van der Waals surface area contributed by atoms with Crippen molar-refractivity contribution in [2.24, 2.45) is 0 Å². The van der Waals surface area contributed by atoms with E-state index in [9.17, 15) is 22.8 Å². The molecule has 0 radical (unpaired) electrons. The minimum atomic E-state index is -4.51. The fraction of sp³-hybridized carbons (Fsp3) is 0.130. The zero-order valence-corrected chi connectivity index (χ0v) is 16.5. The average Bonchev–Trinajstić information content (AvgIpc) is 2.73. The lowest BCUT2D eigenvalue weighted by atomic mass is 10.1. The zero-order chi connectivity index (χ0) is 22.4. The van der Waals surface area contributed by atoms with Crippen LogP contribution in [-0.4, -0.2) is 18.9 Å². The summed E-state index contributed by atoms with van der Waals surface area (Å²) in [6.07, 6.45) is -4.40. The van der Waals surface area contributed by atoms with Gasteiger partial charge < -0.3 is 15.4 Å². The van der Waals surface area contributed by atoms with Crippen molar-refractivity contribution in [3.05, 3.63) is 89.5 Å². The number of benzene rings is 3. The average molecular weight is 428 g/mol. The number of anilines is 2. The first kappa shape index (κ1) is 21.9. The molecule has 0 heterocycles. The lowest BCUT2D eigenvalue weighted by Crippen LogP contribution is -2.16. The highest BCUT2D eigenvalue weighted by atomic mass is 19.4. The van der Waals surface area contributed by atoms with Crippen molar-refractivity contribution in [2.75, 3.05) is 17.7 Å². The summed E-state index contributed by atoms with van der Waals surface area (Å²) >= 11 is 0. The van der Waals surface area contributed by atoms with Crippen LogP contribution in [-0.2, 0) is 17.4 Å². The Bertz CT molecular complexity index is 1100. The Morgan fingerprint density at radius 1 is 0.871 bits per heavy atom. The van der Waals surface area contributed by atoms with Crippen molar-refractivity contribution in [1.29, 1.82) is 0 Å². The standard InChI is InChI=1S/C23H19F3N2O3/c1-31-20-10-2-5-15(11-20)12-21(29)27-18-8-3-6-16(13-18)22(30)28-19-9-4-7-17(14-19)23(24,25)26/h2-11,13-14H,12H2,1H3,(H,27,29)(H,28,30). The molecule has 160 valence electrons. The third-order valence-corrected chi connectivity index (χ3v) is 4.36. The van der Waals surface area contributed by atoms with Crippen LogP contribution in [0.5, 0.6) is 5.75 Å². The van der Waals surface area contributed by atoms with E-state index < -0.39 is 17.6 Å². The molecule has 8 heteroatoms. The largest absolute Gasteiger partial charge is 0.497 e. The smallest absolute Gasteiger partial charge is 0.416 e. The first-order valence-electron chi connectivity index (χ1n) is 9.26. The number of hydrogen-bond donors (Lipinski definition) is 2. The second kappa shape index (κ2) is 9.34. The first-order chi connectivity index (χ1) is 14.7.